The minimum atomic E-state index is -1.67. The predicted molar refractivity (Wildman–Crippen MR) is 98.7 cm³/mol. The smallest absolute Gasteiger partial charge is 0.410 e. The van der Waals surface area contributed by atoms with E-state index in [1.807, 2.05) is 0 Å². The molecule has 13 heteroatoms. The fourth-order valence-corrected chi connectivity index (χ4v) is 2.84. The summed E-state index contributed by atoms with van der Waals surface area (Å²) in [5.74, 6) is -2.71. The second-order valence-corrected chi connectivity index (χ2v) is 7.03. The summed E-state index contributed by atoms with van der Waals surface area (Å²) in [6, 6.07) is 1.07. The average molecular weight is 452 g/mol. The van der Waals surface area contributed by atoms with Crippen molar-refractivity contribution in [2.45, 2.75) is 55.9 Å². The number of aliphatic hydroxyl groups excluding tert-OH is 5. The molecule has 0 spiro atoms. The highest BCUT2D eigenvalue weighted by Crippen LogP contribution is 2.22. The van der Waals surface area contributed by atoms with Crippen LogP contribution in [0, 0.1) is 11.6 Å². The number of nitrogens with two attached hydrogens (primary N) is 1. The monoisotopic (exact) mass is 452 g/mol. The number of carbonyl (C=O) groups excluding carboxylic acids is 1. The van der Waals surface area contributed by atoms with Gasteiger partial charge in [-0.25, -0.2) is 13.6 Å². The van der Waals surface area contributed by atoms with Crippen molar-refractivity contribution in [3.05, 3.63) is 29.8 Å². The first-order valence-electron chi connectivity index (χ1n) is 9.36. The van der Waals surface area contributed by atoms with E-state index >= 15 is 0 Å². The van der Waals surface area contributed by atoms with Crippen LogP contribution in [0.5, 0.6) is 5.75 Å². The summed E-state index contributed by atoms with van der Waals surface area (Å²) in [6.45, 7) is 0.501. The Morgan fingerprint density at radius 2 is 1.87 bits per heavy atom. The number of benzene rings is 1. The molecular weight excluding hydrogens is 426 g/mol. The lowest BCUT2D eigenvalue weighted by molar-refractivity contribution is -0.296. The van der Waals surface area contributed by atoms with Crippen molar-refractivity contribution < 1.29 is 53.3 Å². The topological polar surface area (TPSA) is 184 Å². The highest BCUT2D eigenvalue weighted by molar-refractivity contribution is 5.70. The largest absolute Gasteiger partial charge is 0.412 e. The van der Waals surface area contributed by atoms with Crippen molar-refractivity contribution in [1.29, 1.82) is 0 Å². The number of amides is 1. The normalized spacial score (nSPS) is 29.1. The zero-order chi connectivity index (χ0) is 23.3. The summed E-state index contributed by atoms with van der Waals surface area (Å²) in [7, 11) is 0. The Kier molecular flexibility index (Phi) is 9.02. The van der Waals surface area contributed by atoms with Crippen LogP contribution in [0.4, 0.5) is 13.6 Å². The van der Waals surface area contributed by atoms with Gasteiger partial charge in [0.15, 0.2) is 17.9 Å². The SMILES string of the molecule is C[C@@H](O)[C@@H](O)[C@H](COC1OC(CN)C(O)C(O)C1O)NC(=O)Oc1ccc(F)c(F)c1. The molecule has 0 bridgehead atoms. The Bertz CT molecular complexity index is 740. The molecule has 0 aliphatic carbocycles. The summed E-state index contributed by atoms with van der Waals surface area (Å²) >= 11 is 0. The summed E-state index contributed by atoms with van der Waals surface area (Å²) in [5.41, 5.74) is 5.44. The molecule has 8 atom stereocenters. The van der Waals surface area contributed by atoms with Gasteiger partial charge in [0.25, 0.3) is 0 Å². The minimum absolute atomic E-state index is 0.191. The van der Waals surface area contributed by atoms with E-state index in [0.29, 0.717) is 6.07 Å². The molecule has 0 aromatic heterocycles. The van der Waals surface area contributed by atoms with E-state index in [9.17, 15) is 39.1 Å². The van der Waals surface area contributed by atoms with Crippen molar-refractivity contribution in [2.75, 3.05) is 13.2 Å². The Morgan fingerprint density at radius 3 is 2.45 bits per heavy atom. The number of hydrogen-bond donors (Lipinski definition) is 7. The van der Waals surface area contributed by atoms with E-state index < -0.39 is 73.3 Å². The van der Waals surface area contributed by atoms with E-state index in [0.717, 1.165) is 12.1 Å². The molecular formula is C18H26F2N2O9. The molecule has 0 saturated carbocycles. The zero-order valence-corrected chi connectivity index (χ0v) is 16.5. The van der Waals surface area contributed by atoms with Crippen molar-refractivity contribution in [3.8, 4) is 5.75 Å². The quantitative estimate of drug-likeness (QED) is 0.232. The molecule has 1 fully saturated rings. The van der Waals surface area contributed by atoms with Gasteiger partial charge in [0, 0.05) is 12.6 Å². The molecule has 1 aliphatic heterocycles. The van der Waals surface area contributed by atoms with Gasteiger partial charge in [-0.1, -0.05) is 0 Å². The minimum Gasteiger partial charge on any atom is -0.410 e. The summed E-state index contributed by atoms with van der Waals surface area (Å²) in [6.07, 6.45) is -11.4. The first kappa shape index (κ1) is 25.3. The lowest BCUT2D eigenvalue weighted by Crippen LogP contribution is -2.61. The molecule has 1 saturated heterocycles. The van der Waals surface area contributed by atoms with Crippen LogP contribution in [0.1, 0.15) is 6.92 Å². The molecule has 8 N–H and O–H groups in total. The fourth-order valence-electron chi connectivity index (χ4n) is 2.84. The van der Waals surface area contributed by atoms with Crippen molar-refractivity contribution in [3.63, 3.8) is 0 Å². The number of aliphatic hydroxyl groups is 5. The second-order valence-electron chi connectivity index (χ2n) is 7.03. The van der Waals surface area contributed by atoms with Crippen LogP contribution in [0.2, 0.25) is 0 Å². The third-order valence-electron chi connectivity index (χ3n) is 4.65. The molecule has 1 aromatic rings. The first-order chi connectivity index (χ1) is 14.5. The molecule has 176 valence electrons. The van der Waals surface area contributed by atoms with Gasteiger partial charge in [-0.2, -0.15) is 0 Å². The highest BCUT2D eigenvalue weighted by atomic mass is 19.2. The maximum Gasteiger partial charge on any atom is 0.412 e. The van der Waals surface area contributed by atoms with Gasteiger partial charge < -0.3 is 50.8 Å². The molecule has 11 nitrogen and oxygen atoms in total. The number of ether oxygens (including phenoxy) is 3. The third-order valence-corrected chi connectivity index (χ3v) is 4.65. The van der Waals surface area contributed by atoms with Crippen LogP contribution in [0.3, 0.4) is 0 Å². The number of hydrogen-bond acceptors (Lipinski definition) is 10. The fraction of sp³-hybridized carbons (Fsp3) is 0.611. The van der Waals surface area contributed by atoms with E-state index in [1.165, 1.54) is 6.92 Å². The Labute approximate surface area is 175 Å². The zero-order valence-electron chi connectivity index (χ0n) is 16.5. The van der Waals surface area contributed by atoms with E-state index in [4.69, 9.17) is 19.9 Å². The van der Waals surface area contributed by atoms with Gasteiger partial charge in [0.05, 0.1) is 18.8 Å². The van der Waals surface area contributed by atoms with Crippen LogP contribution >= 0.6 is 0 Å². The first-order valence-corrected chi connectivity index (χ1v) is 9.36. The standard InChI is InChI=1S/C18H26F2N2O9/c1-7(23)13(24)11(22-18(28)30-8-2-3-9(19)10(20)4-8)6-29-17-16(27)15(26)14(25)12(5-21)31-17/h2-4,7,11-17,23-27H,5-6,21H2,1H3,(H,22,28)/t7-,11+,12?,13-,14?,15?,16?,17?/m1/s1. The number of halogens is 2. The van der Waals surface area contributed by atoms with Crippen molar-refractivity contribution in [1.82, 2.24) is 5.32 Å². The molecule has 1 heterocycles. The molecule has 5 unspecified atom stereocenters. The van der Waals surface area contributed by atoms with Crippen molar-refractivity contribution in [2.24, 2.45) is 5.73 Å². The maximum atomic E-state index is 13.2. The van der Waals surface area contributed by atoms with Gasteiger partial charge in [-0.3, -0.25) is 0 Å². The predicted octanol–water partition coefficient (Wildman–Crippen LogP) is -2.05. The van der Waals surface area contributed by atoms with Crippen molar-refractivity contribution >= 4 is 6.09 Å². The van der Waals surface area contributed by atoms with Gasteiger partial charge in [-0.05, 0) is 19.1 Å². The van der Waals surface area contributed by atoms with Crippen LogP contribution in [-0.2, 0) is 9.47 Å². The molecule has 0 radical (unpaired) electrons. The highest BCUT2D eigenvalue weighted by Gasteiger charge is 2.44. The number of nitrogens with one attached hydrogen (secondary N) is 1. The van der Waals surface area contributed by atoms with Gasteiger partial charge in [0.1, 0.15) is 36.3 Å². The lowest BCUT2D eigenvalue weighted by Gasteiger charge is -2.40. The third kappa shape index (κ3) is 6.51. The molecule has 2 rings (SSSR count). The second kappa shape index (κ2) is 11.1. The summed E-state index contributed by atoms with van der Waals surface area (Å²) in [4.78, 5) is 12.1. The van der Waals surface area contributed by atoms with Crippen LogP contribution in [0.25, 0.3) is 0 Å². The summed E-state index contributed by atoms with van der Waals surface area (Å²) in [5, 5.41) is 51.7. The number of carbonyl (C=O) groups is 1. The Balaban J connectivity index is 2.03. The van der Waals surface area contributed by atoms with Crippen LogP contribution in [0.15, 0.2) is 18.2 Å². The van der Waals surface area contributed by atoms with Gasteiger partial charge in [0.2, 0.25) is 0 Å². The number of rotatable bonds is 8. The molecule has 1 aliphatic rings. The molecule has 1 amide bonds. The van der Waals surface area contributed by atoms with E-state index in [1.54, 1.807) is 0 Å². The summed E-state index contributed by atoms with van der Waals surface area (Å²) < 4.78 is 41.6. The molecule has 31 heavy (non-hydrogen) atoms. The maximum absolute atomic E-state index is 13.2. The van der Waals surface area contributed by atoms with Gasteiger partial charge in [-0.15, -0.1) is 0 Å². The van der Waals surface area contributed by atoms with E-state index in [2.05, 4.69) is 5.32 Å². The lowest BCUT2D eigenvalue weighted by atomic mass is 9.99. The molecule has 1 aromatic carbocycles. The Hall–Kier alpha value is -1.97. The Morgan fingerprint density at radius 1 is 1.19 bits per heavy atom. The van der Waals surface area contributed by atoms with Gasteiger partial charge >= 0.3 is 6.09 Å². The van der Waals surface area contributed by atoms with Crippen LogP contribution < -0.4 is 15.8 Å². The van der Waals surface area contributed by atoms with Crippen LogP contribution in [-0.4, -0.2) is 93.7 Å². The van der Waals surface area contributed by atoms with E-state index in [-0.39, 0.29) is 12.3 Å². The average Bonchev–Trinajstić information content (AvgIpc) is 2.72.